The molecule has 9 rings (SSSR count). The molecular weight excluding hydrogens is 553 g/mol. The fraction of sp³-hybridized carbons (Fsp3) is 0. The molecule has 0 heteroatoms. The minimum atomic E-state index is 1.23. The van der Waals surface area contributed by atoms with Crippen LogP contribution in [0.2, 0.25) is 0 Å². The summed E-state index contributed by atoms with van der Waals surface area (Å²) in [6, 6.07) is 66.5. The molecule has 0 saturated heterocycles. The lowest BCUT2D eigenvalue weighted by molar-refractivity contribution is 1.61. The Morgan fingerprint density at radius 2 is 0.674 bits per heavy atom. The van der Waals surface area contributed by atoms with E-state index in [1.807, 2.05) is 0 Å². The SMILES string of the molecule is c1ccc(-c2cccc(-c3c4ccccc4c(-c4cc5cc(-c6ccccc6)ccc5c5ccccc45)c4ccccc34)c2)cc1. The Morgan fingerprint density at radius 1 is 0.217 bits per heavy atom. The third-order valence-corrected chi connectivity index (χ3v) is 9.43. The first-order chi connectivity index (χ1) is 22.8. The van der Waals surface area contributed by atoms with Crippen LogP contribution in [0.25, 0.3) is 87.6 Å². The minimum Gasteiger partial charge on any atom is -0.0622 e. The molecule has 0 radical (unpaired) electrons. The van der Waals surface area contributed by atoms with Gasteiger partial charge in [0.15, 0.2) is 0 Å². The molecule has 0 unspecified atom stereocenters. The van der Waals surface area contributed by atoms with Gasteiger partial charge in [-0.05, 0) is 106 Å². The van der Waals surface area contributed by atoms with E-state index in [9.17, 15) is 0 Å². The molecule has 46 heavy (non-hydrogen) atoms. The molecule has 214 valence electrons. The van der Waals surface area contributed by atoms with Gasteiger partial charge in [-0.15, -0.1) is 0 Å². The molecule has 0 aliphatic carbocycles. The zero-order valence-corrected chi connectivity index (χ0v) is 25.3. The van der Waals surface area contributed by atoms with Gasteiger partial charge in [0, 0.05) is 0 Å². The Kier molecular flexibility index (Phi) is 6.25. The fourth-order valence-corrected chi connectivity index (χ4v) is 7.34. The Hall–Kier alpha value is -5.98. The van der Waals surface area contributed by atoms with Crippen molar-refractivity contribution in [2.75, 3.05) is 0 Å². The predicted molar refractivity (Wildman–Crippen MR) is 198 cm³/mol. The zero-order chi connectivity index (χ0) is 30.5. The molecule has 0 aromatic heterocycles. The molecule has 9 aromatic carbocycles. The molecule has 9 aromatic rings. The Morgan fingerprint density at radius 3 is 1.28 bits per heavy atom. The van der Waals surface area contributed by atoms with Gasteiger partial charge in [0.05, 0.1) is 0 Å². The summed E-state index contributed by atoms with van der Waals surface area (Å²) in [6.07, 6.45) is 0. The summed E-state index contributed by atoms with van der Waals surface area (Å²) in [5.41, 5.74) is 10.00. The average molecular weight is 583 g/mol. The molecule has 0 amide bonds. The summed E-state index contributed by atoms with van der Waals surface area (Å²) in [5, 5.41) is 10.2. The molecule has 0 aliphatic heterocycles. The first-order valence-corrected chi connectivity index (χ1v) is 15.9. The third-order valence-electron chi connectivity index (χ3n) is 9.43. The zero-order valence-electron chi connectivity index (χ0n) is 25.3. The second-order valence-electron chi connectivity index (χ2n) is 12.1. The maximum Gasteiger partial charge on any atom is -0.00199 e. The van der Waals surface area contributed by atoms with Crippen LogP contribution < -0.4 is 0 Å². The summed E-state index contributed by atoms with van der Waals surface area (Å²) >= 11 is 0. The van der Waals surface area contributed by atoms with E-state index in [4.69, 9.17) is 0 Å². The quantitative estimate of drug-likeness (QED) is 0.143. The second kappa shape index (κ2) is 10.9. The van der Waals surface area contributed by atoms with Crippen LogP contribution in [0.15, 0.2) is 182 Å². The van der Waals surface area contributed by atoms with E-state index in [0.29, 0.717) is 0 Å². The van der Waals surface area contributed by atoms with Gasteiger partial charge in [0.2, 0.25) is 0 Å². The van der Waals surface area contributed by atoms with Crippen molar-refractivity contribution in [3.8, 4) is 44.5 Å². The van der Waals surface area contributed by atoms with Crippen LogP contribution in [0, 0.1) is 0 Å². The van der Waals surface area contributed by atoms with Crippen molar-refractivity contribution in [3.05, 3.63) is 182 Å². The van der Waals surface area contributed by atoms with Gasteiger partial charge in [-0.25, -0.2) is 0 Å². The molecule has 0 nitrogen and oxygen atoms in total. The van der Waals surface area contributed by atoms with Crippen LogP contribution >= 0.6 is 0 Å². The smallest absolute Gasteiger partial charge is 0.00199 e. The molecule has 0 spiro atoms. The minimum absolute atomic E-state index is 1.23. The molecule has 0 N–H and O–H groups in total. The van der Waals surface area contributed by atoms with E-state index in [1.165, 1.54) is 87.6 Å². The van der Waals surface area contributed by atoms with Crippen molar-refractivity contribution >= 4 is 43.1 Å². The highest BCUT2D eigenvalue weighted by Crippen LogP contribution is 2.47. The number of hydrogen-bond donors (Lipinski definition) is 0. The molecule has 0 heterocycles. The lowest BCUT2D eigenvalue weighted by Crippen LogP contribution is -1.92. The van der Waals surface area contributed by atoms with Crippen LogP contribution in [0.4, 0.5) is 0 Å². The normalized spacial score (nSPS) is 11.5. The van der Waals surface area contributed by atoms with E-state index in [1.54, 1.807) is 0 Å². The number of benzene rings is 9. The third kappa shape index (κ3) is 4.30. The van der Waals surface area contributed by atoms with Gasteiger partial charge in [0.1, 0.15) is 0 Å². The number of fused-ring (bicyclic) bond motifs is 5. The topological polar surface area (TPSA) is 0 Å². The van der Waals surface area contributed by atoms with Gasteiger partial charge in [-0.3, -0.25) is 0 Å². The van der Waals surface area contributed by atoms with Crippen LogP contribution in [-0.4, -0.2) is 0 Å². The Bertz CT molecular complexity index is 2500. The maximum absolute atomic E-state index is 2.42. The number of rotatable bonds is 4. The molecule has 0 atom stereocenters. The van der Waals surface area contributed by atoms with Crippen molar-refractivity contribution in [3.63, 3.8) is 0 Å². The van der Waals surface area contributed by atoms with E-state index in [-0.39, 0.29) is 0 Å². The monoisotopic (exact) mass is 582 g/mol. The van der Waals surface area contributed by atoms with Crippen LogP contribution in [0.1, 0.15) is 0 Å². The van der Waals surface area contributed by atoms with E-state index in [0.717, 1.165) is 0 Å². The standard InChI is InChI=1S/C46H30/c1-3-14-31(15-4-1)33-18-13-19-35(28-33)45-40-22-9-11-24-42(40)46(43-25-12-10-23-41(43)45)44-30-36-29-34(32-16-5-2-6-17-32)26-27-37(36)38-20-7-8-21-39(38)44/h1-30H. The Balaban J connectivity index is 1.37. The fourth-order valence-electron chi connectivity index (χ4n) is 7.34. The molecule has 0 bridgehead atoms. The largest absolute Gasteiger partial charge is 0.0622 e. The molecule has 0 aliphatic rings. The lowest BCUT2D eigenvalue weighted by Gasteiger charge is -2.20. The van der Waals surface area contributed by atoms with Gasteiger partial charge < -0.3 is 0 Å². The summed E-state index contributed by atoms with van der Waals surface area (Å²) in [5.74, 6) is 0. The van der Waals surface area contributed by atoms with Gasteiger partial charge in [0.25, 0.3) is 0 Å². The van der Waals surface area contributed by atoms with Crippen molar-refractivity contribution in [1.29, 1.82) is 0 Å². The summed E-state index contributed by atoms with van der Waals surface area (Å²) < 4.78 is 0. The Labute approximate surface area is 268 Å². The van der Waals surface area contributed by atoms with E-state index >= 15 is 0 Å². The van der Waals surface area contributed by atoms with Crippen molar-refractivity contribution in [1.82, 2.24) is 0 Å². The highest BCUT2D eigenvalue weighted by Gasteiger charge is 2.19. The van der Waals surface area contributed by atoms with E-state index < -0.39 is 0 Å². The van der Waals surface area contributed by atoms with Gasteiger partial charge >= 0.3 is 0 Å². The molecular formula is C46H30. The van der Waals surface area contributed by atoms with Crippen molar-refractivity contribution < 1.29 is 0 Å². The summed E-state index contributed by atoms with van der Waals surface area (Å²) in [4.78, 5) is 0. The van der Waals surface area contributed by atoms with Crippen LogP contribution in [0.3, 0.4) is 0 Å². The van der Waals surface area contributed by atoms with E-state index in [2.05, 4.69) is 182 Å². The maximum atomic E-state index is 2.42. The predicted octanol–water partition coefficient (Wildman–Crippen LogP) is 13.0. The van der Waals surface area contributed by atoms with Gasteiger partial charge in [-0.1, -0.05) is 164 Å². The van der Waals surface area contributed by atoms with Gasteiger partial charge in [-0.2, -0.15) is 0 Å². The van der Waals surface area contributed by atoms with Crippen molar-refractivity contribution in [2.45, 2.75) is 0 Å². The number of hydrogen-bond acceptors (Lipinski definition) is 0. The summed E-state index contributed by atoms with van der Waals surface area (Å²) in [6.45, 7) is 0. The molecule has 0 fully saturated rings. The first-order valence-electron chi connectivity index (χ1n) is 15.9. The lowest BCUT2D eigenvalue weighted by atomic mass is 9.83. The highest BCUT2D eigenvalue weighted by molar-refractivity contribution is 6.25. The highest BCUT2D eigenvalue weighted by atomic mass is 14.2. The first kappa shape index (κ1) is 26.4. The van der Waals surface area contributed by atoms with Crippen LogP contribution in [-0.2, 0) is 0 Å². The summed E-state index contributed by atoms with van der Waals surface area (Å²) in [7, 11) is 0. The molecule has 0 saturated carbocycles. The average Bonchev–Trinajstić information content (AvgIpc) is 3.14. The van der Waals surface area contributed by atoms with Crippen LogP contribution in [0.5, 0.6) is 0 Å². The van der Waals surface area contributed by atoms with Crippen molar-refractivity contribution in [2.24, 2.45) is 0 Å². The second-order valence-corrected chi connectivity index (χ2v) is 12.1.